The van der Waals surface area contributed by atoms with Gasteiger partial charge in [0.1, 0.15) is 11.2 Å². The van der Waals surface area contributed by atoms with Crippen LogP contribution >= 0.6 is 0 Å². The fourth-order valence-electron chi connectivity index (χ4n) is 9.11. The molecule has 12 aromatic rings. The molecule has 0 aliphatic rings. The van der Waals surface area contributed by atoms with Crippen LogP contribution in [0.3, 0.4) is 0 Å². The van der Waals surface area contributed by atoms with Crippen LogP contribution in [0.4, 0.5) is 0 Å². The molecule has 0 radical (unpaired) electrons. The first-order valence-corrected chi connectivity index (χ1v) is 21.9. The van der Waals surface area contributed by atoms with Crippen LogP contribution < -0.4 is 0 Å². The lowest BCUT2D eigenvalue weighted by molar-refractivity contribution is 0.669. The third kappa shape index (κ3) is 7.13. The SMILES string of the molecule is c1ccc(-c2ccc(-c3nc(-c4ccc5c(c4)oc4cccc(-c6ccc(-c7ccccc7)cc6-c6ccccc6)c45)nc(-c4cccc5ccc(-c6ccccc6)cc45)n3)cc2)cc1. The minimum absolute atomic E-state index is 0.568. The molecule has 65 heavy (non-hydrogen) atoms. The van der Waals surface area contributed by atoms with Crippen molar-refractivity contribution in [2.24, 2.45) is 0 Å². The van der Waals surface area contributed by atoms with Crippen LogP contribution in [0.1, 0.15) is 0 Å². The molecular weight excluding hydrogens is 791 g/mol. The Morgan fingerprint density at radius 1 is 0.246 bits per heavy atom. The maximum Gasteiger partial charge on any atom is 0.164 e. The molecule has 0 saturated carbocycles. The van der Waals surface area contributed by atoms with Gasteiger partial charge in [0.25, 0.3) is 0 Å². The summed E-state index contributed by atoms with van der Waals surface area (Å²) in [5.74, 6) is 1.77. The Bertz CT molecular complexity index is 3680. The van der Waals surface area contributed by atoms with Gasteiger partial charge in [0.15, 0.2) is 17.5 Å². The van der Waals surface area contributed by atoms with E-state index < -0.39 is 0 Å². The predicted molar refractivity (Wildman–Crippen MR) is 268 cm³/mol. The van der Waals surface area contributed by atoms with E-state index in [1.54, 1.807) is 0 Å². The Balaban J connectivity index is 1.01. The highest BCUT2D eigenvalue weighted by molar-refractivity contribution is 6.14. The second-order valence-electron chi connectivity index (χ2n) is 16.3. The maximum absolute atomic E-state index is 6.74. The van der Waals surface area contributed by atoms with E-state index in [0.29, 0.717) is 17.5 Å². The van der Waals surface area contributed by atoms with Crippen LogP contribution in [0.15, 0.2) is 241 Å². The highest BCUT2D eigenvalue weighted by Gasteiger charge is 2.20. The smallest absolute Gasteiger partial charge is 0.164 e. The zero-order chi connectivity index (χ0) is 43.1. The molecule has 0 fully saturated rings. The van der Waals surface area contributed by atoms with E-state index in [1.165, 1.54) is 11.1 Å². The lowest BCUT2D eigenvalue weighted by atomic mass is 9.89. The van der Waals surface area contributed by atoms with E-state index in [-0.39, 0.29) is 0 Å². The van der Waals surface area contributed by atoms with Crippen LogP contribution in [-0.4, -0.2) is 15.0 Å². The van der Waals surface area contributed by atoms with E-state index >= 15 is 0 Å². The first-order chi connectivity index (χ1) is 32.2. The summed E-state index contributed by atoms with van der Waals surface area (Å²) in [4.78, 5) is 15.7. The Kier molecular flexibility index (Phi) is 9.46. The van der Waals surface area contributed by atoms with Crippen molar-refractivity contribution in [2.75, 3.05) is 0 Å². The van der Waals surface area contributed by atoms with Crippen LogP contribution in [0.2, 0.25) is 0 Å². The van der Waals surface area contributed by atoms with Crippen molar-refractivity contribution in [3.05, 3.63) is 237 Å². The molecule has 0 bridgehead atoms. The van der Waals surface area contributed by atoms with Crippen molar-refractivity contribution in [3.63, 3.8) is 0 Å². The van der Waals surface area contributed by atoms with Crippen LogP contribution in [0.5, 0.6) is 0 Å². The largest absolute Gasteiger partial charge is 0.456 e. The Labute approximate surface area is 376 Å². The van der Waals surface area contributed by atoms with Gasteiger partial charge in [0.05, 0.1) is 0 Å². The number of aromatic nitrogens is 3. The molecule has 304 valence electrons. The van der Waals surface area contributed by atoms with Gasteiger partial charge in [-0.15, -0.1) is 0 Å². The second-order valence-corrected chi connectivity index (χ2v) is 16.3. The van der Waals surface area contributed by atoms with Crippen molar-refractivity contribution >= 4 is 32.7 Å². The number of rotatable bonds is 8. The number of fused-ring (bicyclic) bond motifs is 4. The summed E-state index contributed by atoms with van der Waals surface area (Å²) in [6, 6.07) is 82.9. The number of furan rings is 1. The van der Waals surface area contributed by atoms with Gasteiger partial charge in [-0.05, 0) is 96.7 Å². The van der Waals surface area contributed by atoms with E-state index in [9.17, 15) is 0 Å². The molecule has 0 atom stereocenters. The van der Waals surface area contributed by atoms with Gasteiger partial charge in [-0.3, -0.25) is 0 Å². The van der Waals surface area contributed by atoms with E-state index in [4.69, 9.17) is 19.4 Å². The quantitative estimate of drug-likeness (QED) is 0.153. The third-order valence-corrected chi connectivity index (χ3v) is 12.4. The summed E-state index contributed by atoms with van der Waals surface area (Å²) in [6.45, 7) is 0. The van der Waals surface area contributed by atoms with Gasteiger partial charge in [-0.2, -0.15) is 0 Å². The molecular formula is C61H39N3O. The Hall–Kier alpha value is -8.73. The van der Waals surface area contributed by atoms with Gasteiger partial charge >= 0.3 is 0 Å². The highest BCUT2D eigenvalue weighted by atomic mass is 16.3. The average Bonchev–Trinajstić information content (AvgIpc) is 3.77. The molecule has 12 rings (SSSR count). The zero-order valence-electron chi connectivity index (χ0n) is 35.3. The molecule has 0 aliphatic heterocycles. The van der Waals surface area contributed by atoms with Crippen molar-refractivity contribution in [2.45, 2.75) is 0 Å². The monoisotopic (exact) mass is 829 g/mol. The molecule has 0 N–H and O–H groups in total. The average molecular weight is 830 g/mol. The summed E-state index contributed by atoms with van der Waals surface area (Å²) in [5.41, 5.74) is 15.8. The number of nitrogens with zero attached hydrogens (tertiary/aromatic N) is 3. The van der Waals surface area contributed by atoms with E-state index in [0.717, 1.165) is 93.9 Å². The highest BCUT2D eigenvalue weighted by Crippen LogP contribution is 2.43. The van der Waals surface area contributed by atoms with Crippen molar-refractivity contribution in [1.29, 1.82) is 0 Å². The Morgan fingerprint density at radius 3 is 1.45 bits per heavy atom. The van der Waals surface area contributed by atoms with Gasteiger partial charge in [0.2, 0.25) is 0 Å². The van der Waals surface area contributed by atoms with Crippen molar-refractivity contribution in [1.82, 2.24) is 15.0 Å². The van der Waals surface area contributed by atoms with Crippen LogP contribution in [-0.2, 0) is 0 Å². The molecule has 2 aromatic heterocycles. The standard InChI is InChI=1S/C61H39N3O/c1-5-15-40(16-6-1)43-27-30-46(31-28-43)59-62-60(64-61(63-59)52-25-13-23-45-29-32-47(38-55(45)52)41-17-7-2-8-18-41)49-34-36-53-57(39-49)65-56-26-14-24-51(58(53)56)50-35-33-48(42-19-9-3-10-20-42)37-54(50)44-21-11-4-12-22-44/h1-39H. The first-order valence-electron chi connectivity index (χ1n) is 21.9. The Morgan fingerprint density at radius 2 is 0.754 bits per heavy atom. The predicted octanol–water partition coefficient (Wildman–Crippen LogP) is 16.3. The number of benzene rings is 10. The third-order valence-electron chi connectivity index (χ3n) is 12.4. The normalized spacial score (nSPS) is 11.4. The molecule has 0 saturated heterocycles. The zero-order valence-corrected chi connectivity index (χ0v) is 35.3. The summed E-state index contributed by atoms with van der Waals surface area (Å²) < 4.78 is 6.74. The lowest BCUT2D eigenvalue weighted by Crippen LogP contribution is -2.00. The fraction of sp³-hybridized carbons (Fsp3) is 0. The van der Waals surface area contributed by atoms with Gasteiger partial charge in [-0.25, -0.2) is 15.0 Å². The molecule has 2 heterocycles. The van der Waals surface area contributed by atoms with E-state index in [1.807, 2.05) is 12.1 Å². The fourth-order valence-corrected chi connectivity index (χ4v) is 9.11. The topological polar surface area (TPSA) is 51.8 Å². The molecule has 0 aliphatic carbocycles. The van der Waals surface area contributed by atoms with Gasteiger partial charge in [0, 0.05) is 27.5 Å². The summed E-state index contributed by atoms with van der Waals surface area (Å²) in [5, 5.41) is 4.28. The molecule has 4 heteroatoms. The van der Waals surface area contributed by atoms with Gasteiger partial charge in [-0.1, -0.05) is 206 Å². The number of hydrogen-bond donors (Lipinski definition) is 0. The summed E-state index contributed by atoms with van der Waals surface area (Å²) >= 11 is 0. The maximum atomic E-state index is 6.74. The van der Waals surface area contributed by atoms with Crippen LogP contribution in [0.25, 0.3) is 123 Å². The first kappa shape index (κ1) is 38.0. The minimum Gasteiger partial charge on any atom is -0.456 e. The molecule has 10 aromatic carbocycles. The summed E-state index contributed by atoms with van der Waals surface area (Å²) in [6.07, 6.45) is 0. The lowest BCUT2D eigenvalue weighted by Gasteiger charge is -2.14. The van der Waals surface area contributed by atoms with E-state index in [2.05, 4.69) is 224 Å². The van der Waals surface area contributed by atoms with Crippen LogP contribution in [0, 0.1) is 0 Å². The van der Waals surface area contributed by atoms with Crippen molar-refractivity contribution in [3.8, 4) is 89.8 Å². The van der Waals surface area contributed by atoms with Gasteiger partial charge < -0.3 is 4.42 Å². The second kappa shape index (κ2) is 16.2. The molecule has 0 unspecified atom stereocenters. The molecule has 4 nitrogen and oxygen atoms in total. The molecule has 0 spiro atoms. The summed E-state index contributed by atoms with van der Waals surface area (Å²) in [7, 11) is 0. The molecule has 0 amide bonds. The van der Waals surface area contributed by atoms with Crippen molar-refractivity contribution < 1.29 is 4.42 Å². The minimum atomic E-state index is 0.568. The number of hydrogen-bond acceptors (Lipinski definition) is 4.